The normalized spacial score (nSPS) is 10.9. The highest BCUT2D eigenvalue weighted by atomic mass is 32.1. The van der Waals surface area contributed by atoms with Crippen LogP contribution < -0.4 is 0 Å². The Labute approximate surface area is 138 Å². The fourth-order valence-electron chi connectivity index (χ4n) is 2.17. The van der Waals surface area contributed by atoms with Gasteiger partial charge >= 0.3 is 5.97 Å². The number of aromatic carboxylic acids is 1. The van der Waals surface area contributed by atoms with Crippen LogP contribution in [0.1, 0.15) is 21.1 Å². The number of carboxylic acids is 1. The molecule has 0 aliphatic carbocycles. The van der Waals surface area contributed by atoms with Crippen LogP contribution in [0.15, 0.2) is 17.5 Å². The van der Waals surface area contributed by atoms with Gasteiger partial charge in [0.1, 0.15) is 10.6 Å². The van der Waals surface area contributed by atoms with Crippen molar-refractivity contribution in [1.82, 2.24) is 9.97 Å². The Morgan fingerprint density at radius 3 is 2.61 bits per heavy atom. The Morgan fingerprint density at radius 2 is 2.00 bits per heavy atom. The van der Waals surface area contributed by atoms with E-state index in [1.165, 1.54) is 34.8 Å². The van der Waals surface area contributed by atoms with E-state index < -0.39 is 23.1 Å². The van der Waals surface area contributed by atoms with Gasteiger partial charge in [0.25, 0.3) is 0 Å². The van der Waals surface area contributed by atoms with Crippen molar-refractivity contribution in [2.24, 2.45) is 0 Å². The summed E-state index contributed by atoms with van der Waals surface area (Å²) in [7, 11) is 0. The number of thiazole rings is 2. The molecule has 2 aromatic heterocycles. The molecule has 2 heterocycles. The number of halogens is 1. The lowest BCUT2D eigenvalue weighted by atomic mass is 10.1. The first-order valence-electron chi connectivity index (χ1n) is 6.53. The lowest BCUT2D eigenvalue weighted by molar-refractivity contribution is 0.0693. The van der Waals surface area contributed by atoms with Crippen LogP contribution in [0.4, 0.5) is 4.39 Å². The zero-order valence-corrected chi connectivity index (χ0v) is 13.8. The zero-order chi connectivity index (χ0) is 16.7. The predicted molar refractivity (Wildman–Crippen MR) is 86.7 cm³/mol. The number of aromatic nitrogens is 2. The number of aryl methyl sites for hydroxylation is 2. The van der Waals surface area contributed by atoms with Crippen molar-refractivity contribution in [3.8, 4) is 26.9 Å². The summed E-state index contributed by atoms with van der Waals surface area (Å²) in [5.74, 6) is -3.25. The average molecular weight is 350 g/mol. The largest absolute Gasteiger partial charge is 0.504 e. The molecule has 1 aromatic carbocycles. The van der Waals surface area contributed by atoms with Crippen molar-refractivity contribution in [3.05, 3.63) is 39.6 Å². The Kier molecular flexibility index (Phi) is 3.87. The van der Waals surface area contributed by atoms with Crippen molar-refractivity contribution < 1.29 is 19.4 Å². The second kappa shape index (κ2) is 5.71. The number of carboxylic acid groups (broad SMARTS) is 1. The topological polar surface area (TPSA) is 83.3 Å². The number of phenols is 1. The molecular weight excluding hydrogens is 339 g/mol. The summed E-state index contributed by atoms with van der Waals surface area (Å²) in [5.41, 5.74) is 1.14. The van der Waals surface area contributed by atoms with Gasteiger partial charge in [0.2, 0.25) is 0 Å². The van der Waals surface area contributed by atoms with E-state index in [2.05, 4.69) is 9.97 Å². The van der Waals surface area contributed by atoms with Crippen molar-refractivity contribution in [2.45, 2.75) is 13.8 Å². The minimum Gasteiger partial charge on any atom is -0.504 e. The van der Waals surface area contributed by atoms with Gasteiger partial charge in [0.05, 0.1) is 26.8 Å². The van der Waals surface area contributed by atoms with E-state index in [0.29, 0.717) is 10.7 Å². The molecule has 3 rings (SSSR count). The zero-order valence-electron chi connectivity index (χ0n) is 12.1. The summed E-state index contributed by atoms with van der Waals surface area (Å²) in [6.07, 6.45) is 0. The minimum absolute atomic E-state index is 0.0719. The predicted octanol–water partition coefficient (Wildman–Crippen LogP) is 4.09. The first-order valence-corrected chi connectivity index (χ1v) is 8.23. The number of hydrogen-bond donors (Lipinski definition) is 2. The summed E-state index contributed by atoms with van der Waals surface area (Å²) in [6.45, 7) is 3.78. The van der Waals surface area contributed by atoms with Crippen LogP contribution in [0.2, 0.25) is 0 Å². The third kappa shape index (κ3) is 2.71. The van der Waals surface area contributed by atoms with Gasteiger partial charge in [-0.2, -0.15) is 0 Å². The van der Waals surface area contributed by atoms with Gasteiger partial charge < -0.3 is 10.2 Å². The second-order valence-electron chi connectivity index (χ2n) is 4.81. The molecule has 0 radical (unpaired) electrons. The molecule has 3 aromatic rings. The molecule has 0 aliphatic rings. The van der Waals surface area contributed by atoms with E-state index in [1.807, 2.05) is 13.8 Å². The number of aromatic hydroxyl groups is 1. The Balaban J connectivity index is 2.06. The lowest BCUT2D eigenvalue weighted by Crippen LogP contribution is -1.99. The van der Waals surface area contributed by atoms with Gasteiger partial charge in [-0.1, -0.05) is 0 Å². The highest BCUT2D eigenvalue weighted by Gasteiger charge is 2.20. The van der Waals surface area contributed by atoms with Crippen LogP contribution >= 0.6 is 22.7 Å². The molecule has 0 amide bonds. The summed E-state index contributed by atoms with van der Waals surface area (Å²) in [5, 5.41) is 21.7. The quantitative estimate of drug-likeness (QED) is 0.743. The molecular formula is C15H11FN2O3S2. The van der Waals surface area contributed by atoms with Gasteiger partial charge in [-0.15, -0.1) is 22.7 Å². The maximum absolute atomic E-state index is 14.2. The number of carbonyl (C=O) groups is 1. The molecule has 0 saturated carbocycles. The van der Waals surface area contributed by atoms with E-state index in [0.717, 1.165) is 15.6 Å². The Bertz CT molecular complexity index is 918. The summed E-state index contributed by atoms with van der Waals surface area (Å²) in [4.78, 5) is 20.5. The number of benzene rings is 1. The Morgan fingerprint density at radius 1 is 1.26 bits per heavy atom. The van der Waals surface area contributed by atoms with Crippen LogP contribution in [-0.4, -0.2) is 26.2 Å². The Hall–Kier alpha value is -2.32. The first-order chi connectivity index (χ1) is 10.9. The lowest BCUT2D eigenvalue weighted by Gasteiger charge is -2.04. The number of rotatable bonds is 3. The summed E-state index contributed by atoms with van der Waals surface area (Å²) >= 11 is 2.72. The maximum atomic E-state index is 14.2. The molecule has 0 aliphatic heterocycles. The van der Waals surface area contributed by atoms with Crippen molar-refractivity contribution in [3.63, 3.8) is 0 Å². The smallest absolute Gasteiger partial charge is 0.339 e. The molecule has 0 unspecified atom stereocenters. The molecule has 0 saturated heterocycles. The third-order valence-electron chi connectivity index (χ3n) is 3.22. The van der Waals surface area contributed by atoms with Crippen LogP contribution in [0.5, 0.6) is 5.75 Å². The summed E-state index contributed by atoms with van der Waals surface area (Å²) < 4.78 is 14.2. The van der Waals surface area contributed by atoms with Crippen molar-refractivity contribution in [1.29, 1.82) is 0 Å². The molecule has 8 heteroatoms. The van der Waals surface area contributed by atoms with Gasteiger partial charge in [0, 0.05) is 5.38 Å². The van der Waals surface area contributed by atoms with Crippen molar-refractivity contribution >= 4 is 28.6 Å². The van der Waals surface area contributed by atoms with Crippen molar-refractivity contribution in [2.75, 3.05) is 0 Å². The SMILES string of the molecule is Cc1nc(C)c(-c2csc(-c3ccc(C(=O)O)c(O)c3F)n2)s1. The first kappa shape index (κ1) is 15.6. The van der Waals surface area contributed by atoms with Gasteiger partial charge in [-0.05, 0) is 26.0 Å². The molecule has 0 atom stereocenters. The van der Waals surface area contributed by atoms with E-state index in [9.17, 15) is 14.3 Å². The maximum Gasteiger partial charge on any atom is 0.339 e. The van der Waals surface area contributed by atoms with Gasteiger partial charge in [-0.3, -0.25) is 0 Å². The molecule has 23 heavy (non-hydrogen) atoms. The average Bonchev–Trinajstić information content (AvgIpc) is 3.07. The minimum atomic E-state index is -1.39. The van der Waals surface area contributed by atoms with Gasteiger partial charge in [0.15, 0.2) is 11.6 Å². The molecule has 0 spiro atoms. The van der Waals surface area contributed by atoms with Crippen LogP contribution in [-0.2, 0) is 0 Å². The third-order valence-corrected chi connectivity index (χ3v) is 5.19. The molecule has 2 N–H and O–H groups in total. The number of nitrogens with zero attached hydrogens (tertiary/aromatic N) is 2. The van der Waals surface area contributed by atoms with E-state index in [-0.39, 0.29) is 5.56 Å². The molecule has 5 nitrogen and oxygen atoms in total. The monoisotopic (exact) mass is 350 g/mol. The van der Waals surface area contributed by atoms with Crippen LogP contribution in [0.3, 0.4) is 0 Å². The standard InChI is InChI=1S/C15H11FN2O3S2/c1-6-13(23-7(2)17-6)10-5-22-14(18-10)8-3-4-9(15(20)21)12(19)11(8)16/h3-5,19H,1-2H3,(H,20,21). The second-order valence-corrected chi connectivity index (χ2v) is 6.88. The fraction of sp³-hybridized carbons (Fsp3) is 0.133. The highest BCUT2D eigenvalue weighted by Crippen LogP contribution is 2.37. The van der Waals surface area contributed by atoms with Crippen LogP contribution in [0, 0.1) is 19.7 Å². The summed E-state index contributed by atoms with van der Waals surface area (Å²) in [6, 6.07) is 2.48. The fourth-order valence-corrected chi connectivity index (χ4v) is 3.96. The van der Waals surface area contributed by atoms with Crippen LogP contribution in [0.25, 0.3) is 21.1 Å². The highest BCUT2D eigenvalue weighted by molar-refractivity contribution is 7.16. The van der Waals surface area contributed by atoms with E-state index in [1.54, 1.807) is 5.38 Å². The van der Waals surface area contributed by atoms with E-state index in [4.69, 9.17) is 5.11 Å². The van der Waals surface area contributed by atoms with Gasteiger partial charge in [-0.25, -0.2) is 19.2 Å². The molecule has 0 bridgehead atoms. The number of hydrogen-bond acceptors (Lipinski definition) is 6. The van der Waals surface area contributed by atoms with E-state index >= 15 is 0 Å². The molecule has 118 valence electrons. The molecule has 0 fully saturated rings.